The Balaban J connectivity index is 3.28. The van der Waals surface area contributed by atoms with Gasteiger partial charge in [0, 0.05) is 4.47 Å². The first kappa shape index (κ1) is 21.0. The number of nitrogens with zero attached hydrogens (tertiary/aromatic N) is 1. The zero-order chi connectivity index (χ0) is 19.4. The number of carboxylic acids is 1. The van der Waals surface area contributed by atoms with Gasteiger partial charge in [-0.1, -0.05) is 15.9 Å². The summed E-state index contributed by atoms with van der Waals surface area (Å²) in [6, 6.07) is 4.41. The van der Waals surface area contributed by atoms with Crippen LogP contribution in [0.4, 0.5) is 10.5 Å². The minimum Gasteiger partial charge on any atom is -0.495 e. The van der Waals surface area contributed by atoms with Crippen molar-refractivity contribution in [2.45, 2.75) is 26.4 Å². The number of rotatable bonds is 6. The Morgan fingerprint density at radius 1 is 1.32 bits per heavy atom. The van der Waals surface area contributed by atoms with Crippen molar-refractivity contribution in [3.8, 4) is 5.75 Å². The fraction of sp³-hybridized carbons (Fsp3) is 0.429. The summed E-state index contributed by atoms with van der Waals surface area (Å²) in [6.07, 6.45) is -1.23. The van der Waals surface area contributed by atoms with Crippen LogP contribution in [0, 0.1) is 0 Å². The third-order valence-electron chi connectivity index (χ3n) is 2.59. The zero-order valence-electron chi connectivity index (χ0n) is 14.1. The fourth-order valence-electron chi connectivity index (χ4n) is 1.74. The van der Waals surface area contributed by atoms with Crippen LogP contribution in [-0.2, 0) is 19.7 Å². The van der Waals surface area contributed by atoms with E-state index in [1.54, 1.807) is 31.6 Å². The maximum atomic E-state index is 12.5. The van der Waals surface area contributed by atoms with Crippen LogP contribution >= 0.6 is 15.9 Å². The summed E-state index contributed by atoms with van der Waals surface area (Å²) >= 11 is 3.18. The second kappa shape index (κ2) is 7.91. The van der Waals surface area contributed by atoms with Crippen LogP contribution in [0.25, 0.3) is 0 Å². The third kappa shape index (κ3) is 6.42. The molecule has 140 valence electrons. The van der Waals surface area contributed by atoms with E-state index in [0.29, 0.717) is 8.78 Å². The number of halogens is 1. The van der Waals surface area contributed by atoms with E-state index < -0.39 is 34.4 Å². The van der Waals surface area contributed by atoms with Crippen molar-refractivity contribution in [1.82, 2.24) is 4.72 Å². The summed E-state index contributed by atoms with van der Waals surface area (Å²) in [6.45, 7) is 3.76. The van der Waals surface area contributed by atoms with Gasteiger partial charge in [0.1, 0.15) is 17.9 Å². The van der Waals surface area contributed by atoms with Gasteiger partial charge in [-0.05, 0) is 39.0 Å². The number of anilines is 1. The first-order valence-corrected chi connectivity index (χ1v) is 9.18. The molecule has 0 aromatic heterocycles. The van der Waals surface area contributed by atoms with Gasteiger partial charge in [0.15, 0.2) is 0 Å². The smallest absolute Gasteiger partial charge is 0.422 e. The molecule has 0 aliphatic carbocycles. The van der Waals surface area contributed by atoms with Crippen LogP contribution < -0.4 is 13.8 Å². The molecule has 0 unspecified atom stereocenters. The Hall–Kier alpha value is -2.01. The van der Waals surface area contributed by atoms with E-state index >= 15 is 0 Å². The minimum absolute atomic E-state index is 0.0599. The Bertz CT molecular complexity index is 759. The van der Waals surface area contributed by atoms with Gasteiger partial charge in [0.05, 0.1) is 12.8 Å². The molecule has 0 heterocycles. The Morgan fingerprint density at radius 2 is 1.92 bits per heavy atom. The third-order valence-corrected chi connectivity index (χ3v) is 4.41. The first-order valence-electron chi connectivity index (χ1n) is 6.94. The SMILES string of the molecule is COc1ccc(Br)cc1N(CC(=O)O)S(=O)(=O)NC(=O)OC(C)(C)C. The van der Waals surface area contributed by atoms with Gasteiger partial charge >= 0.3 is 22.3 Å². The second-order valence-electron chi connectivity index (χ2n) is 5.83. The van der Waals surface area contributed by atoms with Gasteiger partial charge in [0.2, 0.25) is 0 Å². The van der Waals surface area contributed by atoms with Gasteiger partial charge < -0.3 is 14.6 Å². The highest BCUT2D eigenvalue weighted by atomic mass is 79.9. The Labute approximate surface area is 154 Å². The average molecular weight is 439 g/mol. The molecule has 0 aliphatic heterocycles. The minimum atomic E-state index is -4.56. The molecule has 11 heteroatoms. The molecule has 0 saturated carbocycles. The molecular formula is C14H19BrN2O7S. The van der Waals surface area contributed by atoms with Crippen molar-refractivity contribution in [3.05, 3.63) is 22.7 Å². The highest BCUT2D eigenvalue weighted by Gasteiger charge is 2.31. The molecular weight excluding hydrogens is 420 g/mol. The maximum absolute atomic E-state index is 12.5. The maximum Gasteiger partial charge on any atom is 0.422 e. The van der Waals surface area contributed by atoms with Crippen molar-refractivity contribution in [3.63, 3.8) is 0 Å². The summed E-state index contributed by atoms with van der Waals surface area (Å²) in [5.41, 5.74) is -0.986. The molecule has 1 aromatic rings. The first-order chi connectivity index (χ1) is 11.4. The standard InChI is InChI=1S/C14H19BrN2O7S/c1-14(2,3)24-13(20)16-25(21,22)17(8-12(18)19)10-7-9(15)5-6-11(10)23-4/h5-7H,8H2,1-4H3,(H,16,20)(H,18,19). The number of nitrogens with one attached hydrogen (secondary N) is 1. The molecule has 0 bridgehead atoms. The van der Waals surface area contributed by atoms with Crippen molar-refractivity contribution < 1.29 is 32.6 Å². The number of ether oxygens (including phenoxy) is 2. The molecule has 9 nitrogen and oxygen atoms in total. The molecule has 2 N–H and O–H groups in total. The highest BCUT2D eigenvalue weighted by Crippen LogP contribution is 2.32. The van der Waals surface area contributed by atoms with Gasteiger partial charge in [-0.3, -0.25) is 4.79 Å². The average Bonchev–Trinajstić information content (AvgIpc) is 2.41. The van der Waals surface area contributed by atoms with E-state index in [4.69, 9.17) is 14.6 Å². The van der Waals surface area contributed by atoms with Gasteiger partial charge in [-0.25, -0.2) is 13.8 Å². The van der Waals surface area contributed by atoms with E-state index in [1.165, 1.54) is 19.2 Å². The molecule has 0 spiro atoms. The number of aliphatic carboxylic acids is 1. The van der Waals surface area contributed by atoms with Gasteiger partial charge in [-0.2, -0.15) is 8.42 Å². The van der Waals surface area contributed by atoms with Crippen LogP contribution in [0.1, 0.15) is 20.8 Å². The Kier molecular flexibility index (Phi) is 6.66. The summed E-state index contributed by atoms with van der Waals surface area (Å²) in [7, 11) is -3.26. The fourth-order valence-corrected chi connectivity index (χ4v) is 3.13. The number of hydrogen-bond donors (Lipinski definition) is 2. The van der Waals surface area contributed by atoms with Crippen LogP contribution in [0.3, 0.4) is 0 Å². The zero-order valence-corrected chi connectivity index (χ0v) is 16.5. The lowest BCUT2D eigenvalue weighted by Gasteiger charge is -2.26. The molecule has 1 aromatic carbocycles. The number of benzene rings is 1. The van der Waals surface area contributed by atoms with E-state index in [1.807, 2.05) is 0 Å². The van der Waals surface area contributed by atoms with E-state index in [2.05, 4.69) is 15.9 Å². The predicted octanol–water partition coefficient (Wildman–Crippen LogP) is 2.12. The summed E-state index contributed by atoms with van der Waals surface area (Å²) < 4.78 is 37.7. The largest absolute Gasteiger partial charge is 0.495 e. The second-order valence-corrected chi connectivity index (χ2v) is 8.34. The van der Waals surface area contributed by atoms with Crippen molar-refractivity contribution in [2.75, 3.05) is 18.0 Å². The van der Waals surface area contributed by atoms with Gasteiger partial charge in [0.25, 0.3) is 0 Å². The van der Waals surface area contributed by atoms with Crippen LogP contribution in [0.5, 0.6) is 5.75 Å². The molecule has 1 amide bonds. The van der Waals surface area contributed by atoms with Gasteiger partial charge in [-0.15, -0.1) is 0 Å². The monoisotopic (exact) mass is 438 g/mol. The van der Waals surface area contributed by atoms with E-state index in [0.717, 1.165) is 0 Å². The number of carbonyl (C=O) groups is 2. The topological polar surface area (TPSA) is 122 Å². The normalized spacial score (nSPS) is 11.6. The van der Waals surface area contributed by atoms with E-state index in [-0.39, 0.29) is 11.4 Å². The molecule has 0 radical (unpaired) electrons. The lowest BCUT2D eigenvalue weighted by atomic mass is 10.2. The molecule has 0 fully saturated rings. The quantitative estimate of drug-likeness (QED) is 0.696. The van der Waals surface area contributed by atoms with Crippen LogP contribution in [0.15, 0.2) is 22.7 Å². The number of hydrogen-bond acceptors (Lipinski definition) is 6. The van der Waals surface area contributed by atoms with Crippen molar-refractivity contribution in [1.29, 1.82) is 0 Å². The summed E-state index contributed by atoms with van der Waals surface area (Å²) in [5.74, 6) is -1.31. The lowest BCUT2D eigenvalue weighted by Crippen LogP contribution is -2.47. The number of methoxy groups -OCH3 is 1. The molecule has 25 heavy (non-hydrogen) atoms. The highest BCUT2D eigenvalue weighted by molar-refractivity contribution is 9.10. The van der Waals surface area contributed by atoms with Crippen LogP contribution in [0.2, 0.25) is 0 Å². The summed E-state index contributed by atoms with van der Waals surface area (Å²) in [4.78, 5) is 22.9. The number of carbonyl (C=O) groups excluding carboxylic acids is 1. The van der Waals surface area contributed by atoms with E-state index in [9.17, 15) is 18.0 Å². The number of amides is 1. The molecule has 0 atom stereocenters. The molecule has 0 saturated heterocycles. The van der Waals surface area contributed by atoms with Crippen molar-refractivity contribution >= 4 is 43.9 Å². The van der Waals surface area contributed by atoms with Crippen molar-refractivity contribution in [2.24, 2.45) is 0 Å². The van der Waals surface area contributed by atoms with Crippen LogP contribution in [-0.4, -0.2) is 44.8 Å². The lowest BCUT2D eigenvalue weighted by molar-refractivity contribution is -0.135. The Morgan fingerprint density at radius 3 is 2.40 bits per heavy atom. The molecule has 1 rings (SSSR count). The number of carboxylic acid groups (broad SMARTS) is 1. The molecule has 0 aliphatic rings. The summed E-state index contributed by atoms with van der Waals surface area (Å²) in [5, 5.41) is 9.06. The predicted molar refractivity (Wildman–Crippen MR) is 94.0 cm³/mol.